The van der Waals surface area contributed by atoms with Crippen LogP contribution >= 0.6 is 0 Å². The molecular formula is C14H27N2+. The van der Waals surface area contributed by atoms with Gasteiger partial charge >= 0.3 is 0 Å². The van der Waals surface area contributed by atoms with Gasteiger partial charge < -0.3 is 5.32 Å². The molecule has 0 heterocycles. The Kier molecular flexibility index (Phi) is 7.61. The van der Waals surface area contributed by atoms with Crippen LogP contribution in [0.15, 0.2) is 22.9 Å². The molecule has 2 nitrogen and oxygen atoms in total. The minimum atomic E-state index is 1.10. The molecule has 2 heteroatoms. The van der Waals surface area contributed by atoms with Gasteiger partial charge in [-0.2, -0.15) is 0 Å². The molecule has 0 aromatic rings. The molecule has 0 aliphatic rings. The fraction of sp³-hybridized carbons (Fsp3) is 0.643. The number of allylic oxidation sites excluding steroid dienone is 3. The van der Waals surface area contributed by atoms with Crippen molar-refractivity contribution in [1.82, 2.24) is 5.32 Å². The van der Waals surface area contributed by atoms with Crippen molar-refractivity contribution in [2.75, 3.05) is 21.1 Å². The summed E-state index contributed by atoms with van der Waals surface area (Å²) in [5.74, 6) is 0. The summed E-state index contributed by atoms with van der Waals surface area (Å²) in [4.78, 5) is 0. The van der Waals surface area contributed by atoms with Crippen molar-refractivity contribution in [2.24, 2.45) is 0 Å². The normalized spacial score (nSPS) is 13.2. The Hall–Kier alpha value is -1.05. The number of nitrogens with zero attached hydrogens (tertiary/aromatic N) is 1. The van der Waals surface area contributed by atoms with Crippen molar-refractivity contribution in [3.63, 3.8) is 0 Å². The van der Waals surface area contributed by atoms with Gasteiger partial charge in [-0.1, -0.05) is 25.8 Å². The Bertz CT molecular complexity index is 292. The molecule has 1 N–H and O–H groups in total. The molecule has 92 valence electrons. The lowest BCUT2D eigenvalue weighted by molar-refractivity contribution is -0.458. The van der Waals surface area contributed by atoms with Crippen LogP contribution < -0.4 is 5.32 Å². The van der Waals surface area contributed by atoms with Crippen molar-refractivity contribution < 1.29 is 4.58 Å². The third-order valence-electron chi connectivity index (χ3n) is 2.62. The van der Waals surface area contributed by atoms with Crippen LogP contribution in [0, 0.1) is 0 Å². The lowest BCUT2D eigenvalue weighted by atomic mass is 10.0. The highest BCUT2D eigenvalue weighted by Crippen LogP contribution is 2.18. The van der Waals surface area contributed by atoms with Gasteiger partial charge in [-0.25, -0.2) is 4.58 Å². The van der Waals surface area contributed by atoms with E-state index in [4.69, 9.17) is 0 Å². The zero-order chi connectivity index (χ0) is 12.6. The van der Waals surface area contributed by atoms with E-state index < -0.39 is 0 Å². The standard InChI is InChI=1S/C14H27N2/c1-7-9-13(10-11-16(5)6)14(15-4)12(3)8-2/h10-11,15H,7-9H2,1-6H3/q+1. The lowest BCUT2D eigenvalue weighted by Crippen LogP contribution is -2.12. The Morgan fingerprint density at radius 1 is 1.25 bits per heavy atom. The van der Waals surface area contributed by atoms with Gasteiger partial charge in [0.15, 0.2) is 6.21 Å². The summed E-state index contributed by atoms with van der Waals surface area (Å²) in [7, 11) is 6.11. The summed E-state index contributed by atoms with van der Waals surface area (Å²) >= 11 is 0. The van der Waals surface area contributed by atoms with Gasteiger partial charge in [-0.3, -0.25) is 0 Å². The van der Waals surface area contributed by atoms with Crippen LogP contribution in [0.5, 0.6) is 0 Å². The van der Waals surface area contributed by atoms with Gasteiger partial charge in [0, 0.05) is 18.8 Å². The largest absolute Gasteiger partial charge is 0.388 e. The van der Waals surface area contributed by atoms with Gasteiger partial charge in [-0.05, 0) is 25.3 Å². The van der Waals surface area contributed by atoms with Crippen molar-refractivity contribution in [3.8, 4) is 0 Å². The Labute approximate surface area is 101 Å². The number of nitrogens with one attached hydrogen (secondary N) is 1. The van der Waals surface area contributed by atoms with Gasteiger partial charge in [-0.15, -0.1) is 0 Å². The molecule has 0 amide bonds. The maximum absolute atomic E-state index is 3.33. The predicted octanol–water partition coefficient (Wildman–Crippen LogP) is 2.96. The average molecular weight is 223 g/mol. The maximum atomic E-state index is 3.33. The van der Waals surface area contributed by atoms with Crippen molar-refractivity contribution in [3.05, 3.63) is 22.9 Å². The average Bonchev–Trinajstić information content (AvgIpc) is 2.26. The number of likely N-dealkylation sites (N-methyl/N-ethyl adjacent to an activating group) is 1. The van der Waals surface area contributed by atoms with Gasteiger partial charge in [0.05, 0.1) is 0 Å². The van der Waals surface area contributed by atoms with E-state index in [0.717, 1.165) is 12.8 Å². The van der Waals surface area contributed by atoms with E-state index in [2.05, 4.69) is 57.0 Å². The van der Waals surface area contributed by atoms with E-state index in [-0.39, 0.29) is 0 Å². The third kappa shape index (κ3) is 5.15. The highest BCUT2D eigenvalue weighted by Gasteiger charge is 2.05. The second-order valence-corrected chi connectivity index (χ2v) is 4.31. The molecule has 0 aromatic heterocycles. The highest BCUT2D eigenvalue weighted by molar-refractivity contribution is 5.69. The molecule has 0 radical (unpaired) electrons. The smallest absolute Gasteiger partial charge is 0.163 e. The second-order valence-electron chi connectivity index (χ2n) is 4.31. The predicted molar refractivity (Wildman–Crippen MR) is 73.2 cm³/mol. The molecule has 0 aromatic carbocycles. The van der Waals surface area contributed by atoms with E-state index in [0.29, 0.717) is 0 Å². The van der Waals surface area contributed by atoms with Crippen molar-refractivity contribution in [1.29, 1.82) is 0 Å². The van der Waals surface area contributed by atoms with Crippen LogP contribution in [0.2, 0.25) is 0 Å². The molecule has 0 fully saturated rings. The number of hydrogen-bond donors (Lipinski definition) is 1. The summed E-state index contributed by atoms with van der Waals surface area (Å²) in [5, 5.41) is 3.33. The summed E-state index contributed by atoms with van der Waals surface area (Å²) in [6.07, 6.45) is 7.73. The minimum absolute atomic E-state index is 1.10. The molecule has 0 bridgehead atoms. The van der Waals surface area contributed by atoms with E-state index in [9.17, 15) is 0 Å². The lowest BCUT2D eigenvalue weighted by Gasteiger charge is -2.13. The fourth-order valence-corrected chi connectivity index (χ4v) is 1.62. The van der Waals surface area contributed by atoms with Crippen LogP contribution in [-0.2, 0) is 0 Å². The van der Waals surface area contributed by atoms with E-state index in [1.165, 1.54) is 23.3 Å². The second kappa shape index (κ2) is 8.14. The zero-order valence-electron chi connectivity index (χ0n) is 11.7. The van der Waals surface area contributed by atoms with E-state index in [1.54, 1.807) is 0 Å². The van der Waals surface area contributed by atoms with Crippen molar-refractivity contribution >= 4 is 6.21 Å². The maximum Gasteiger partial charge on any atom is 0.163 e. The van der Waals surface area contributed by atoms with Gasteiger partial charge in [0.1, 0.15) is 14.1 Å². The van der Waals surface area contributed by atoms with Crippen molar-refractivity contribution in [2.45, 2.75) is 40.0 Å². The molecule has 0 atom stereocenters. The molecule has 16 heavy (non-hydrogen) atoms. The van der Waals surface area contributed by atoms with Crippen LogP contribution in [0.3, 0.4) is 0 Å². The van der Waals surface area contributed by atoms with Crippen LogP contribution in [-0.4, -0.2) is 31.9 Å². The van der Waals surface area contributed by atoms with E-state index >= 15 is 0 Å². The first-order valence-corrected chi connectivity index (χ1v) is 6.15. The van der Waals surface area contributed by atoms with E-state index in [1.807, 2.05) is 7.05 Å². The molecule has 0 aliphatic carbocycles. The summed E-state index contributed by atoms with van der Waals surface area (Å²) in [6, 6.07) is 0. The Morgan fingerprint density at radius 3 is 2.25 bits per heavy atom. The summed E-state index contributed by atoms with van der Waals surface area (Å²) in [6.45, 7) is 6.62. The molecule has 0 saturated heterocycles. The quantitative estimate of drug-likeness (QED) is 0.416. The first kappa shape index (κ1) is 14.9. The van der Waals surface area contributed by atoms with Crippen LogP contribution in [0.1, 0.15) is 40.0 Å². The summed E-state index contributed by atoms with van der Waals surface area (Å²) in [5.41, 5.74) is 4.13. The van der Waals surface area contributed by atoms with Crippen LogP contribution in [0.25, 0.3) is 0 Å². The SMILES string of the molecule is CCCC(=CC=[N+](C)C)C(NC)=C(C)CC. The fourth-order valence-electron chi connectivity index (χ4n) is 1.62. The minimum Gasteiger partial charge on any atom is -0.388 e. The van der Waals surface area contributed by atoms with Gasteiger partial charge in [0.25, 0.3) is 0 Å². The Balaban J connectivity index is 5.17. The number of rotatable bonds is 6. The highest BCUT2D eigenvalue weighted by atomic mass is 14.9. The summed E-state index contributed by atoms with van der Waals surface area (Å²) < 4.78 is 2.07. The first-order valence-electron chi connectivity index (χ1n) is 6.15. The molecular weight excluding hydrogens is 196 g/mol. The topological polar surface area (TPSA) is 15.0 Å². The first-order chi connectivity index (χ1) is 7.56. The molecule has 0 saturated carbocycles. The number of hydrogen-bond acceptors (Lipinski definition) is 1. The third-order valence-corrected chi connectivity index (χ3v) is 2.62. The van der Waals surface area contributed by atoms with Gasteiger partial charge in [0.2, 0.25) is 0 Å². The molecule has 0 rings (SSSR count). The monoisotopic (exact) mass is 223 g/mol. The molecule has 0 spiro atoms. The molecule has 0 aliphatic heterocycles. The van der Waals surface area contributed by atoms with Crippen LogP contribution in [0.4, 0.5) is 0 Å². The Morgan fingerprint density at radius 2 is 1.88 bits per heavy atom. The zero-order valence-corrected chi connectivity index (χ0v) is 11.7. The molecule has 0 unspecified atom stereocenters.